The molecule has 3 saturated carbocycles. The summed E-state index contributed by atoms with van der Waals surface area (Å²) in [6.07, 6.45) is 2.52. The molecule has 0 aromatic rings. The summed E-state index contributed by atoms with van der Waals surface area (Å²) >= 11 is 0. The van der Waals surface area contributed by atoms with Crippen LogP contribution in [0, 0.1) is 34.0 Å². The van der Waals surface area contributed by atoms with Crippen LogP contribution in [0.15, 0.2) is 0 Å². The summed E-state index contributed by atoms with van der Waals surface area (Å²) in [5.41, 5.74) is -1.50. The van der Waals surface area contributed by atoms with Crippen molar-refractivity contribution in [3.63, 3.8) is 0 Å². The van der Waals surface area contributed by atoms with Crippen LogP contribution in [0.4, 0.5) is 0 Å². The Balaban J connectivity index is 2.19. The van der Waals surface area contributed by atoms with Gasteiger partial charge in [0.2, 0.25) is 0 Å². The van der Waals surface area contributed by atoms with Gasteiger partial charge in [-0.1, -0.05) is 27.7 Å². The number of ether oxygens (including phenoxy) is 1. The minimum atomic E-state index is -0.708. The molecule has 0 aromatic carbocycles. The highest BCUT2D eigenvalue weighted by Gasteiger charge is 2.68. The van der Waals surface area contributed by atoms with Gasteiger partial charge < -0.3 is 20.1 Å². The standard InChI is InChI=1S/C22H36O6/c1-13-5-7-22-8-6-15(25)18(22)21(13,4)16(28-17(26)12-24)11-20(3,9-10-23)19(27)14(22)2/h13-14,16,18-19,23-24,27H,5-12H2,1-4H3/t13-,14-,16-,18?,19+,20+,21+,22+/m1/s1. The summed E-state index contributed by atoms with van der Waals surface area (Å²) < 4.78 is 5.78. The maximum atomic E-state index is 13.2. The van der Waals surface area contributed by atoms with E-state index in [0.29, 0.717) is 19.3 Å². The number of carbonyl (C=O) groups excluding carboxylic acids is 2. The molecule has 160 valence electrons. The van der Waals surface area contributed by atoms with Gasteiger partial charge in [0.25, 0.3) is 0 Å². The van der Waals surface area contributed by atoms with Gasteiger partial charge in [0.15, 0.2) is 0 Å². The van der Waals surface area contributed by atoms with Gasteiger partial charge >= 0.3 is 5.97 Å². The first-order valence-electron chi connectivity index (χ1n) is 10.7. The molecule has 0 aliphatic heterocycles. The second kappa shape index (κ2) is 7.37. The van der Waals surface area contributed by atoms with E-state index in [-0.39, 0.29) is 35.6 Å². The molecule has 3 fully saturated rings. The van der Waals surface area contributed by atoms with Crippen molar-refractivity contribution in [3.05, 3.63) is 0 Å². The summed E-state index contributed by atoms with van der Waals surface area (Å²) in [6, 6.07) is 0. The van der Waals surface area contributed by atoms with E-state index in [4.69, 9.17) is 4.74 Å². The van der Waals surface area contributed by atoms with E-state index in [0.717, 1.165) is 19.3 Å². The highest BCUT2D eigenvalue weighted by atomic mass is 16.6. The number of Topliss-reactive ketones (excluding diaryl/α,β-unsaturated/α-hetero) is 1. The summed E-state index contributed by atoms with van der Waals surface area (Å²) in [5.74, 6) is -0.659. The van der Waals surface area contributed by atoms with Gasteiger partial charge in [-0.3, -0.25) is 4.79 Å². The monoisotopic (exact) mass is 396 g/mol. The molecular formula is C22H36O6. The average Bonchev–Trinajstić information content (AvgIpc) is 3.01. The minimum Gasteiger partial charge on any atom is -0.460 e. The number of esters is 1. The molecule has 0 aromatic heterocycles. The lowest BCUT2D eigenvalue weighted by molar-refractivity contribution is -0.214. The molecule has 3 aliphatic rings. The molecule has 0 radical (unpaired) electrons. The third-order valence-corrected chi connectivity index (χ3v) is 8.99. The van der Waals surface area contributed by atoms with Crippen LogP contribution >= 0.6 is 0 Å². The van der Waals surface area contributed by atoms with Crippen LogP contribution in [0.3, 0.4) is 0 Å². The first-order chi connectivity index (χ1) is 13.1. The number of aliphatic hydroxyl groups is 3. The fourth-order valence-electron chi connectivity index (χ4n) is 7.06. The Kier molecular flexibility index (Phi) is 5.72. The van der Waals surface area contributed by atoms with Crippen LogP contribution in [0.25, 0.3) is 0 Å². The van der Waals surface area contributed by atoms with E-state index in [1.807, 2.05) is 6.92 Å². The molecule has 3 N–H and O–H groups in total. The highest BCUT2D eigenvalue weighted by Crippen LogP contribution is 2.68. The molecule has 8 atom stereocenters. The summed E-state index contributed by atoms with van der Waals surface area (Å²) in [7, 11) is 0. The average molecular weight is 397 g/mol. The molecule has 0 spiro atoms. The van der Waals surface area contributed by atoms with Crippen LogP contribution < -0.4 is 0 Å². The van der Waals surface area contributed by atoms with Crippen molar-refractivity contribution in [2.24, 2.45) is 34.0 Å². The van der Waals surface area contributed by atoms with Crippen molar-refractivity contribution in [3.8, 4) is 0 Å². The van der Waals surface area contributed by atoms with E-state index >= 15 is 0 Å². The number of aliphatic hydroxyl groups excluding tert-OH is 3. The number of hydrogen-bond acceptors (Lipinski definition) is 6. The first-order valence-corrected chi connectivity index (χ1v) is 10.7. The van der Waals surface area contributed by atoms with E-state index in [1.165, 1.54) is 0 Å². The predicted octanol–water partition coefficient (Wildman–Crippen LogP) is 2.08. The number of hydrogen-bond donors (Lipinski definition) is 3. The van der Waals surface area contributed by atoms with Gasteiger partial charge in [0, 0.05) is 24.4 Å². The maximum Gasteiger partial charge on any atom is 0.332 e. The van der Waals surface area contributed by atoms with Crippen LogP contribution in [0.5, 0.6) is 0 Å². The van der Waals surface area contributed by atoms with E-state index < -0.39 is 35.6 Å². The molecule has 0 heterocycles. The Morgan fingerprint density at radius 2 is 1.89 bits per heavy atom. The Morgan fingerprint density at radius 3 is 2.50 bits per heavy atom. The van der Waals surface area contributed by atoms with Gasteiger partial charge in [-0.15, -0.1) is 0 Å². The molecule has 6 heteroatoms. The maximum absolute atomic E-state index is 13.2. The molecule has 1 unspecified atom stereocenters. The Morgan fingerprint density at radius 1 is 1.21 bits per heavy atom. The van der Waals surface area contributed by atoms with Crippen molar-refractivity contribution in [1.82, 2.24) is 0 Å². The molecule has 28 heavy (non-hydrogen) atoms. The third kappa shape index (κ3) is 2.94. The van der Waals surface area contributed by atoms with Gasteiger partial charge in [-0.25, -0.2) is 4.79 Å². The van der Waals surface area contributed by atoms with Crippen molar-refractivity contribution in [2.75, 3.05) is 13.2 Å². The van der Waals surface area contributed by atoms with Crippen molar-refractivity contribution in [1.29, 1.82) is 0 Å². The lowest BCUT2D eigenvalue weighted by Crippen LogP contribution is -2.63. The summed E-state index contributed by atoms with van der Waals surface area (Å²) in [4.78, 5) is 25.3. The molecule has 6 nitrogen and oxygen atoms in total. The van der Waals surface area contributed by atoms with E-state index in [2.05, 4.69) is 20.8 Å². The largest absolute Gasteiger partial charge is 0.460 e. The molecule has 2 bridgehead atoms. The van der Waals surface area contributed by atoms with Gasteiger partial charge in [-0.05, 0) is 54.8 Å². The predicted molar refractivity (Wildman–Crippen MR) is 103 cm³/mol. The lowest BCUT2D eigenvalue weighted by Gasteiger charge is -2.62. The van der Waals surface area contributed by atoms with E-state index in [1.54, 1.807) is 0 Å². The summed E-state index contributed by atoms with van der Waals surface area (Å²) in [6.45, 7) is 7.42. The van der Waals surface area contributed by atoms with Crippen molar-refractivity contribution >= 4 is 11.8 Å². The van der Waals surface area contributed by atoms with Crippen molar-refractivity contribution in [2.45, 2.75) is 78.4 Å². The van der Waals surface area contributed by atoms with Crippen LogP contribution in [0.1, 0.15) is 66.2 Å². The zero-order valence-corrected chi connectivity index (χ0v) is 17.6. The Hall–Kier alpha value is -0.980. The molecule has 3 rings (SSSR count). The normalized spacial score (nSPS) is 48.5. The number of carbonyl (C=O) groups is 2. The smallest absolute Gasteiger partial charge is 0.332 e. The van der Waals surface area contributed by atoms with Crippen LogP contribution in [0.2, 0.25) is 0 Å². The van der Waals surface area contributed by atoms with E-state index in [9.17, 15) is 24.9 Å². The molecule has 0 amide bonds. The lowest BCUT2D eigenvalue weighted by atomic mass is 9.43. The first kappa shape index (κ1) is 21.7. The van der Waals surface area contributed by atoms with Gasteiger partial charge in [0.1, 0.15) is 18.5 Å². The second-order valence-corrected chi connectivity index (χ2v) is 10.1. The zero-order chi connectivity index (χ0) is 20.9. The quantitative estimate of drug-likeness (QED) is 0.629. The van der Waals surface area contributed by atoms with Crippen molar-refractivity contribution < 1.29 is 29.6 Å². The SMILES string of the molecule is C[C@@H]1[C@H](O)[C@@](C)(CCO)C[C@@H](OC(=O)CO)[C@@]2(C)C3C(=O)CC[C@]31CC[C@H]2C. The third-order valence-electron chi connectivity index (χ3n) is 8.99. The fourth-order valence-corrected chi connectivity index (χ4v) is 7.06. The topological polar surface area (TPSA) is 104 Å². The second-order valence-electron chi connectivity index (χ2n) is 10.1. The minimum absolute atomic E-state index is 0.0669. The fraction of sp³-hybridized carbons (Fsp3) is 0.909. The highest BCUT2D eigenvalue weighted by molar-refractivity contribution is 5.85. The zero-order valence-electron chi connectivity index (χ0n) is 17.6. The van der Waals surface area contributed by atoms with Gasteiger partial charge in [-0.2, -0.15) is 0 Å². The van der Waals surface area contributed by atoms with Gasteiger partial charge in [0.05, 0.1) is 6.10 Å². The van der Waals surface area contributed by atoms with Crippen LogP contribution in [-0.4, -0.2) is 52.5 Å². The number of rotatable bonds is 4. The molecule has 3 aliphatic carbocycles. The number of ketones is 1. The summed E-state index contributed by atoms with van der Waals surface area (Å²) in [5, 5.41) is 30.4. The molecule has 0 saturated heterocycles. The Labute approximate surface area is 167 Å². The molecular weight excluding hydrogens is 360 g/mol. The Bertz CT molecular complexity index is 635. The van der Waals surface area contributed by atoms with Crippen LogP contribution in [-0.2, 0) is 14.3 Å².